The van der Waals surface area contributed by atoms with E-state index >= 15 is 0 Å². The van der Waals surface area contributed by atoms with Crippen LogP contribution in [0.2, 0.25) is 0 Å². The van der Waals surface area contributed by atoms with E-state index in [0.717, 1.165) is 0 Å². The van der Waals surface area contributed by atoms with Gasteiger partial charge in [0.2, 0.25) is 0 Å². The van der Waals surface area contributed by atoms with Gasteiger partial charge in [0.1, 0.15) is 13.2 Å². The van der Waals surface area contributed by atoms with Gasteiger partial charge >= 0.3 is 0 Å². The molecular formula is C7H12O2. The Morgan fingerprint density at radius 1 is 1.33 bits per heavy atom. The molecule has 0 saturated heterocycles. The lowest BCUT2D eigenvalue weighted by molar-refractivity contribution is 0.150. The van der Waals surface area contributed by atoms with E-state index in [-0.39, 0.29) is 0 Å². The van der Waals surface area contributed by atoms with E-state index in [1.165, 1.54) is 6.26 Å². The Kier molecular flexibility index (Phi) is 6.36. The zero-order chi connectivity index (χ0) is 6.95. The highest BCUT2D eigenvalue weighted by Crippen LogP contribution is 1.78. The molecule has 0 heterocycles. The summed E-state index contributed by atoms with van der Waals surface area (Å²) in [5.41, 5.74) is 0. The zero-order valence-corrected chi connectivity index (χ0v) is 5.67. The van der Waals surface area contributed by atoms with Gasteiger partial charge in [-0.1, -0.05) is 12.7 Å². The summed E-state index contributed by atoms with van der Waals surface area (Å²) in [5.74, 6) is 0. The van der Waals surface area contributed by atoms with Gasteiger partial charge in [0.25, 0.3) is 0 Å². The first-order valence-corrected chi connectivity index (χ1v) is 2.87. The maximum absolute atomic E-state index is 4.93. The summed E-state index contributed by atoms with van der Waals surface area (Å²) < 4.78 is 9.72. The van der Waals surface area contributed by atoms with Crippen LogP contribution >= 0.6 is 0 Å². The zero-order valence-electron chi connectivity index (χ0n) is 5.67. The molecule has 0 N–H and O–H groups in total. The van der Waals surface area contributed by atoms with Gasteiger partial charge in [-0.05, 0) is 6.92 Å². The molecule has 2 nitrogen and oxygen atoms in total. The SMILES string of the molecule is C=COCCO/C=C/C. The second kappa shape index (κ2) is 7.08. The first-order valence-electron chi connectivity index (χ1n) is 2.87. The minimum absolute atomic E-state index is 0.563. The van der Waals surface area contributed by atoms with Crippen molar-refractivity contribution >= 4 is 0 Å². The number of ether oxygens (including phenoxy) is 2. The quantitative estimate of drug-likeness (QED) is 0.414. The Morgan fingerprint density at radius 3 is 2.56 bits per heavy atom. The third kappa shape index (κ3) is 7.08. The van der Waals surface area contributed by atoms with Crippen molar-refractivity contribution in [1.82, 2.24) is 0 Å². The van der Waals surface area contributed by atoms with Crippen molar-refractivity contribution in [2.45, 2.75) is 6.92 Å². The smallest absolute Gasteiger partial charge is 0.121 e. The predicted octanol–water partition coefficient (Wildman–Crippen LogP) is 1.70. The maximum Gasteiger partial charge on any atom is 0.121 e. The summed E-state index contributed by atoms with van der Waals surface area (Å²) >= 11 is 0. The molecule has 0 atom stereocenters. The fourth-order valence-electron chi connectivity index (χ4n) is 0.344. The van der Waals surface area contributed by atoms with Crippen molar-refractivity contribution in [3.63, 3.8) is 0 Å². The van der Waals surface area contributed by atoms with Crippen molar-refractivity contribution in [3.05, 3.63) is 25.2 Å². The van der Waals surface area contributed by atoms with E-state index in [4.69, 9.17) is 9.47 Å². The molecule has 0 aliphatic rings. The highest BCUT2D eigenvalue weighted by atomic mass is 16.5. The number of hydrogen-bond acceptors (Lipinski definition) is 2. The molecule has 52 valence electrons. The molecule has 0 unspecified atom stereocenters. The molecule has 0 aromatic carbocycles. The van der Waals surface area contributed by atoms with Crippen LogP contribution in [0.1, 0.15) is 6.92 Å². The Bertz CT molecular complexity index is 86.9. The number of allylic oxidation sites excluding steroid dienone is 1. The van der Waals surface area contributed by atoms with Gasteiger partial charge in [-0.25, -0.2) is 0 Å². The van der Waals surface area contributed by atoms with Crippen molar-refractivity contribution in [2.24, 2.45) is 0 Å². The lowest BCUT2D eigenvalue weighted by Gasteiger charge is -1.98. The monoisotopic (exact) mass is 128 g/mol. The normalized spacial score (nSPS) is 9.44. The molecule has 0 aromatic rings. The number of rotatable bonds is 5. The van der Waals surface area contributed by atoms with Gasteiger partial charge in [0.05, 0.1) is 12.5 Å². The summed E-state index contributed by atoms with van der Waals surface area (Å²) in [6.45, 7) is 6.42. The van der Waals surface area contributed by atoms with E-state index in [1.807, 2.05) is 13.0 Å². The van der Waals surface area contributed by atoms with E-state index in [2.05, 4.69) is 6.58 Å². The minimum Gasteiger partial charge on any atom is -0.498 e. The van der Waals surface area contributed by atoms with Crippen LogP contribution in [0.5, 0.6) is 0 Å². The van der Waals surface area contributed by atoms with Crippen molar-refractivity contribution in [1.29, 1.82) is 0 Å². The Balaban J connectivity index is 2.82. The molecule has 0 rings (SSSR count). The highest BCUT2D eigenvalue weighted by molar-refractivity contribution is 4.64. The highest BCUT2D eigenvalue weighted by Gasteiger charge is 1.78. The average molecular weight is 128 g/mol. The Hall–Kier alpha value is -0.920. The third-order valence-electron chi connectivity index (χ3n) is 0.669. The fourth-order valence-corrected chi connectivity index (χ4v) is 0.344. The Labute approximate surface area is 55.8 Å². The standard InChI is InChI=1S/C7H12O2/c1-3-5-9-7-6-8-4-2/h3-5H,2,6-7H2,1H3/b5-3+. The van der Waals surface area contributed by atoms with E-state index in [1.54, 1.807) is 6.26 Å². The van der Waals surface area contributed by atoms with Gasteiger partial charge in [-0.3, -0.25) is 0 Å². The van der Waals surface area contributed by atoms with E-state index in [9.17, 15) is 0 Å². The second-order valence-corrected chi connectivity index (χ2v) is 1.38. The summed E-state index contributed by atoms with van der Waals surface area (Å²) in [7, 11) is 0. The van der Waals surface area contributed by atoms with Gasteiger partial charge in [-0.2, -0.15) is 0 Å². The Morgan fingerprint density at radius 2 is 2.00 bits per heavy atom. The largest absolute Gasteiger partial charge is 0.498 e. The van der Waals surface area contributed by atoms with Crippen LogP contribution in [-0.2, 0) is 9.47 Å². The molecule has 0 bridgehead atoms. The molecule has 0 aromatic heterocycles. The summed E-state index contributed by atoms with van der Waals surface area (Å²) in [5, 5.41) is 0. The molecule has 0 amide bonds. The van der Waals surface area contributed by atoms with Crippen molar-refractivity contribution in [2.75, 3.05) is 13.2 Å². The fraction of sp³-hybridized carbons (Fsp3) is 0.429. The van der Waals surface area contributed by atoms with Crippen LogP contribution in [0, 0.1) is 0 Å². The maximum atomic E-state index is 4.93. The molecule has 0 fully saturated rings. The first-order chi connectivity index (χ1) is 4.41. The molecule has 0 saturated carbocycles. The lowest BCUT2D eigenvalue weighted by atomic mass is 10.7. The lowest BCUT2D eigenvalue weighted by Crippen LogP contribution is -1.95. The third-order valence-corrected chi connectivity index (χ3v) is 0.669. The van der Waals surface area contributed by atoms with E-state index in [0.29, 0.717) is 13.2 Å². The molecule has 0 radical (unpaired) electrons. The predicted molar refractivity (Wildman–Crippen MR) is 36.9 cm³/mol. The summed E-state index contributed by atoms with van der Waals surface area (Å²) in [6, 6.07) is 0. The van der Waals surface area contributed by atoms with Gasteiger partial charge in [0.15, 0.2) is 0 Å². The molecule has 2 heteroatoms. The van der Waals surface area contributed by atoms with Gasteiger partial charge in [0, 0.05) is 0 Å². The van der Waals surface area contributed by atoms with Crippen LogP contribution in [0.3, 0.4) is 0 Å². The topological polar surface area (TPSA) is 18.5 Å². The second-order valence-electron chi connectivity index (χ2n) is 1.38. The van der Waals surface area contributed by atoms with Gasteiger partial charge in [-0.15, -0.1) is 0 Å². The minimum atomic E-state index is 0.563. The molecular weight excluding hydrogens is 116 g/mol. The van der Waals surface area contributed by atoms with Crippen LogP contribution < -0.4 is 0 Å². The number of hydrogen-bond donors (Lipinski definition) is 0. The van der Waals surface area contributed by atoms with E-state index < -0.39 is 0 Å². The molecule has 9 heavy (non-hydrogen) atoms. The van der Waals surface area contributed by atoms with Crippen LogP contribution in [0.15, 0.2) is 25.2 Å². The van der Waals surface area contributed by atoms with Crippen molar-refractivity contribution in [3.8, 4) is 0 Å². The van der Waals surface area contributed by atoms with Crippen LogP contribution in [0.4, 0.5) is 0 Å². The molecule has 0 aliphatic heterocycles. The van der Waals surface area contributed by atoms with Crippen LogP contribution in [0.25, 0.3) is 0 Å². The summed E-state index contributed by atoms with van der Waals surface area (Å²) in [6.07, 6.45) is 4.86. The molecule has 0 spiro atoms. The summed E-state index contributed by atoms with van der Waals surface area (Å²) in [4.78, 5) is 0. The van der Waals surface area contributed by atoms with Gasteiger partial charge < -0.3 is 9.47 Å². The van der Waals surface area contributed by atoms with Crippen LogP contribution in [-0.4, -0.2) is 13.2 Å². The molecule has 0 aliphatic carbocycles. The average Bonchev–Trinajstić information content (AvgIpc) is 1.89. The first kappa shape index (κ1) is 8.08. The van der Waals surface area contributed by atoms with Crippen molar-refractivity contribution < 1.29 is 9.47 Å².